The van der Waals surface area contributed by atoms with Gasteiger partial charge in [0.25, 0.3) is 0 Å². The molecule has 0 aliphatic heterocycles. The number of rotatable bonds is 5. The maximum Gasteiger partial charge on any atom is 0.130 e. The monoisotopic (exact) mass is 273 g/mol. The summed E-state index contributed by atoms with van der Waals surface area (Å²) in [6, 6.07) is 12.8. The molecule has 106 valence electrons. The van der Waals surface area contributed by atoms with E-state index in [9.17, 15) is 4.39 Å². The molecule has 2 aromatic carbocycles. The summed E-state index contributed by atoms with van der Waals surface area (Å²) in [5.74, 6) is 0.950. The average molecular weight is 273 g/mol. The summed E-state index contributed by atoms with van der Waals surface area (Å²) in [7, 11) is 0. The van der Waals surface area contributed by atoms with E-state index in [4.69, 9.17) is 10.5 Å². The lowest BCUT2D eigenvalue weighted by molar-refractivity contribution is 0.475. The van der Waals surface area contributed by atoms with E-state index in [2.05, 4.69) is 6.92 Å². The van der Waals surface area contributed by atoms with Gasteiger partial charge in [-0.15, -0.1) is 0 Å². The second-order valence-electron chi connectivity index (χ2n) is 5.03. The molecule has 0 bridgehead atoms. The van der Waals surface area contributed by atoms with Crippen molar-refractivity contribution in [3.8, 4) is 11.5 Å². The van der Waals surface area contributed by atoms with Crippen LogP contribution in [-0.2, 0) is 6.42 Å². The molecule has 1 unspecified atom stereocenters. The topological polar surface area (TPSA) is 35.2 Å². The number of aryl methyl sites for hydroxylation is 1. The highest BCUT2D eigenvalue weighted by molar-refractivity contribution is 5.35. The number of hydrogen-bond donors (Lipinski definition) is 1. The number of ether oxygens (including phenoxy) is 1. The van der Waals surface area contributed by atoms with Gasteiger partial charge in [-0.2, -0.15) is 0 Å². The van der Waals surface area contributed by atoms with E-state index in [1.807, 2.05) is 24.3 Å². The Labute approximate surface area is 119 Å². The molecule has 20 heavy (non-hydrogen) atoms. The third-order valence-electron chi connectivity index (χ3n) is 3.30. The molecule has 0 aliphatic carbocycles. The van der Waals surface area contributed by atoms with Crippen LogP contribution in [0.15, 0.2) is 42.5 Å². The van der Waals surface area contributed by atoms with Crippen LogP contribution in [0.25, 0.3) is 0 Å². The van der Waals surface area contributed by atoms with Gasteiger partial charge in [-0.25, -0.2) is 4.39 Å². The molecule has 0 aliphatic rings. The molecule has 0 amide bonds. The first-order valence-corrected chi connectivity index (χ1v) is 6.87. The van der Waals surface area contributed by atoms with E-state index in [0.717, 1.165) is 18.4 Å². The molecule has 0 fully saturated rings. The standard InChI is InChI=1S/C17H20FNO/c1-3-14(19)9-13-5-4-6-15(10-13)20-16-8-7-12(2)17(18)11-16/h4-8,10-11,14H,3,9,19H2,1-2H3. The highest BCUT2D eigenvalue weighted by Crippen LogP contribution is 2.24. The molecular weight excluding hydrogens is 253 g/mol. The lowest BCUT2D eigenvalue weighted by Crippen LogP contribution is -2.21. The zero-order valence-electron chi connectivity index (χ0n) is 11.9. The second-order valence-corrected chi connectivity index (χ2v) is 5.03. The van der Waals surface area contributed by atoms with E-state index in [1.165, 1.54) is 6.07 Å². The molecule has 3 heteroatoms. The van der Waals surface area contributed by atoms with Crippen LogP contribution in [-0.4, -0.2) is 6.04 Å². The Bertz CT molecular complexity index is 583. The van der Waals surface area contributed by atoms with Crippen LogP contribution in [0.3, 0.4) is 0 Å². The van der Waals surface area contributed by atoms with E-state index in [0.29, 0.717) is 17.1 Å². The van der Waals surface area contributed by atoms with Gasteiger partial charge in [0.2, 0.25) is 0 Å². The maximum atomic E-state index is 13.5. The number of nitrogens with two attached hydrogens (primary N) is 1. The van der Waals surface area contributed by atoms with Crippen LogP contribution in [0, 0.1) is 12.7 Å². The molecule has 0 radical (unpaired) electrons. The Hall–Kier alpha value is -1.87. The summed E-state index contributed by atoms with van der Waals surface area (Å²) < 4.78 is 19.2. The van der Waals surface area contributed by atoms with Gasteiger partial charge in [0.05, 0.1) is 0 Å². The van der Waals surface area contributed by atoms with Gasteiger partial charge < -0.3 is 10.5 Å². The molecule has 2 nitrogen and oxygen atoms in total. The van der Waals surface area contributed by atoms with Crippen LogP contribution in [0.4, 0.5) is 4.39 Å². The molecular formula is C17H20FNO. The van der Waals surface area contributed by atoms with Crippen LogP contribution >= 0.6 is 0 Å². The van der Waals surface area contributed by atoms with E-state index in [-0.39, 0.29) is 11.9 Å². The van der Waals surface area contributed by atoms with Crippen molar-refractivity contribution in [3.05, 3.63) is 59.4 Å². The Morgan fingerprint density at radius 3 is 2.60 bits per heavy atom. The van der Waals surface area contributed by atoms with Gasteiger partial charge in [0.15, 0.2) is 0 Å². The predicted molar refractivity (Wildman–Crippen MR) is 79.6 cm³/mol. The van der Waals surface area contributed by atoms with Crippen molar-refractivity contribution in [2.45, 2.75) is 32.7 Å². The minimum absolute atomic E-state index is 0.155. The number of hydrogen-bond acceptors (Lipinski definition) is 2. The fraction of sp³-hybridized carbons (Fsp3) is 0.294. The van der Waals surface area contributed by atoms with Gasteiger partial charge >= 0.3 is 0 Å². The Morgan fingerprint density at radius 2 is 1.90 bits per heavy atom. The first-order valence-electron chi connectivity index (χ1n) is 6.87. The van der Waals surface area contributed by atoms with Crippen molar-refractivity contribution in [3.63, 3.8) is 0 Å². The Morgan fingerprint density at radius 1 is 1.15 bits per heavy atom. The van der Waals surface area contributed by atoms with E-state index < -0.39 is 0 Å². The molecule has 0 heterocycles. The molecule has 2 rings (SSSR count). The quantitative estimate of drug-likeness (QED) is 0.885. The minimum atomic E-state index is -0.258. The van der Waals surface area contributed by atoms with Crippen LogP contribution < -0.4 is 10.5 Å². The van der Waals surface area contributed by atoms with Crippen LogP contribution in [0.1, 0.15) is 24.5 Å². The predicted octanol–water partition coefficient (Wildman–Crippen LogP) is 4.21. The Kier molecular flexibility index (Phi) is 4.74. The molecule has 2 N–H and O–H groups in total. The fourth-order valence-electron chi connectivity index (χ4n) is 1.96. The zero-order valence-corrected chi connectivity index (χ0v) is 11.9. The van der Waals surface area contributed by atoms with Crippen molar-refractivity contribution in [1.29, 1.82) is 0 Å². The maximum absolute atomic E-state index is 13.5. The highest BCUT2D eigenvalue weighted by atomic mass is 19.1. The number of benzene rings is 2. The summed E-state index contributed by atoms with van der Waals surface area (Å²) in [6.45, 7) is 3.80. The first kappa shape index (κ1) is 14.5. The van der Waals surface area contributed by atoms with Crippen molar-refractivity contribution >= 4 is 0 Å². The van der Waals surface area contributed by atoms with Gasteiger partial charge in [0, 0.05) is 12.1 Å². The molecule has 0 saturated heterocycles. The third-order valence-corrected chi connectivity index (χ3v) is 3.30. The van der Waals surface area contributed by atoms with E-state index >= 15 is 0 Å². The summed E-state index contributed by atoms with van der Waals surface area (Å²) >= 11 is 0. The second kappa shape index (κ2) is 6.53. The minimum Gasteiger partial charge on any atom is -0.457 e. The van der Waals surface area contributed by atoms with E-state index in [1.54, 1.807) is 19.1 Å². The summed E-state index contributed by atoms with van der Waals surface area (Å²) in [5.41, 5.74) is 7.69. The fourth-order valence-corrected chi connectivity index (χ4v) is 1.96. The summed E-state index contributed by atoms with van der Waals surface area (Å²) in [4.78, 5) is 0. The SMILES string of the molecule is CCC(N)Cc1cccc(Oc2ccc(C)c(F)c2)c1. The molecule has 0 spiro atoms. The normalized spacial score (nSPS) is 12.2. The van der Waals surface area contributed by atoms with Crippen molar-refractivity contribution < 1.29 is 9.13 Å². The lowest BCUT2D eigenvalue weighted by atomic mass is 10.0. The van der Waals surface area contributed by atoms with Crippen molar-refractivity contribution in [2.24, 2.45) is 5.73 Å². The first-order chi connectivity index (χ1) is 9.58. The molecule has 1 atom stereocenters. The van der Waals surface area contributed by atoms with Crippen LogP contribution in [0.2, 0.25) is 0 Å². The van der Waals surface area contributed by atoms with Crippen LogP contribution in [0.5, 0.6) is 11.5 Å². The zero-order chi connectivity index (χ0) is 14.5. The summed E-state index contributed by atoms with van der Waals surface area (Å²) in [6.07, 6.45) is 1.75. The van der Waals surface area contributed by atoms with Gasteiger partial charge in [-0.1, -0.05) is 25.1 Å². The van der Waals surface area contributed by atoms with Gasteiger partial charge in [0.1, 0.15) is 17.3 Å². The summed E-state index contributed by atoms with van der Waals surface area (Å²) in [5, 5.41) is 0. The largest absolute Gasteiger partial charge is 0.457 e. The lowest BCUT2D eigenvalue weighted by Gasteiger charge is -2.11. The van der Waals surface area contributed by atoms with Gasteiger partial charge in [-0.3, -0.25) is 0 Å². The van der Waals surface area contributed by atoms with Crippen molar-refractivity contribution in [2.75, 3.05) is 0 Å². The van der Waals surface area contributed by atoms with Crippen molar-refractivity contribution in [1.82, 2.24) is 0 Å². The highest BCUT2D eigenvalue weighted by Gasteiger charge is 2.05. The van der Waals surface area contributed by atoms with Gasteiger partial charge in [-0.05, 0) is 49.1 Å². The molecule has 2 aromatic rings. The average Bonchev–Trinajstić information content (AvgIpc) is 2.43. The number of halogens is 1. The third kappa shape index (κ3) is 3.81. The Balaban J connectivity index is 2.12. The smallest absolute Gasteiger partial charge is 0.130 e. The molecule has 0 saturated carbocycles. The molecule has 0 aromatic heterocycles.